The van der Waals surface area contributed by atoms with E-state index in [1.54, 1.807) is 0 Å². The first-order valence-electron chi connectivity index (χ1n) is 22.6. The molecule has 2 atom stereocenters. The molecule has 6 heteroatoms. The van der Waals surface area contributed by atoms with Crippen molar-refractivity contribution < 1.29 is 30.5 Å². The maximum atomic E-state index is 7.34. The van der Waals surface area contributed by atoms with Gasteiger partial charge in [-0.25, -0.2) is 4.98 Å². The number of pyridine rings is 1. The predicted molar refractivity (Wildman–Crippen MR) is 260 cm³/mol. The molecule has 0 bridgehead atoms. The van der Waals surface area contributed by atoms with Gasteiger partial charge in [0.2, 0.25) is 0 Å². The average Bonchev–Trinajstić information content (AvgIpc) is 3.61. The molecule has 0 fully saturated rings. The summed E-state index contributed by atoms with van der Waals surface area (Å²) in [6.07, 6.45) is 2.75. The fourth-order valence-corrected chi connectivity index (χ4v) is 10.9. The van der Waals surface area contributed by atoms with Crippen LogP contribution >= 0.6 is 0 Å². The number of benzene rings is 5. The minimum Gasteiger partial charge on any atom is -0.510 e. The Bertz CT molecular complexity index is 2900. The summed E-state index contributed by atoms with van der Waals surface area (Å²) in [5, 5.41) is 0. The Morgan fingerprint density at radius 3 is 2.00 bits per heavy atom. The van der Waals surface area contributed by atoms with Crippen molar-refractivity contribution in [2.24, 2.45) is 10.4 Å². The Kier molecular flexibility index (Phi) is 10.9. The third kappa shape index (κ3) is 7.16. The molecule has 1 aliphatic carbocycles. The van der Waals surface area contributed by atoms with Gasteiger partial charge in [0.1, 0.15) is 22.9 Å². The number of aromatic nitrogens is 1. The fourth-order valence-electron chi connectivity index (χ4n) is 10.9. The van der Waals surface area contributed by atoms with Gasteiger partial charge in [0, 0.05) is 46.2 Å². The Labute approximate surface area is 397 Å². The number of ether oxygens (including phenoxy) is 2. The van der Waals surface area contributed by atoms with Crippen LogP contribution in [0.25, 0.3) is 11.1 Å². The molecule has 2 aliphatic heterocycles. The van der Waals surface area contributed by atoms with Crippen molar-refractivity contribution in [1.29, 1.82) is 0 Å². The van der Waals surface area contributed by atoms with Gasteiger partial charge in [-0.05, 0) is 122 Å². The van der Waals surface area contributed by atoms with E-state index in [-0.39, 0.29) is 37.3 Å². The number of anilines is 3. The smallest absolute Gasteiger partial charge is 0.510 e. The van der Waals surface area contributed by atoms with Crippen LogP contribution in [0.4, 0.5) is 17.2 Å². The standard InChI is InChI=1S/C58H63N3O2.Pt/c1-33-19-38(6)51(39(7)20-33)40-26-41(53-60-57(16)47-25-37(5)36(4)24-42(47)31-58(57,63-53)55(11,12)13)28-46(27-40)62-45-22-34(2)21-44(30-45)61-50-18-17-43(54(8,9)10)29-48(50)56(14,15)49-23-35(3)32-59-52(49)61;/h17-27,29,32H,31H2,1-16H3;/q-2;+2/t57-,58-;/m1./s1. The van der Waals surface area contributed by atoms with Crippen molar-refractivity contribution in [3.8, 4) is 22.6 Å². The van der Waals surface area contributed by atoms with E-state index in [0.717, 1.165) is 45.9 Å². The molecule has 0 spiro atoms. The van der Waals surface area contributed by atoms with Crippen molar-refractivity contribution in [2.75, 3.05) is 4.90 Å². The van der Waals surface area contributed by atoms with Gasteiger partial charge in [0.15, 0.2) is 0 Å². The Morgan fingerprint density at radius 2 is 1.33 bits per heavy atom. The van der Waals surface area contributed by atoms with Gasteiger partial charge in [-0.1, -0.05) is 133 Å². The van der Waals surface area contributed by atoms with Crippen molar-refractivity contribution in [2.45, 2.75) is 139 Å². The van der Waals surface area contributed by atoms with Gasteiger partial charge in [-0.2, -0.15) is 5.56 Å². The molecular weight excluding hydrogens is 966 g/mol. The number of hydrogen-bond acceptors (Lipinski definition) is 5. The van der Waals surface area contributed by atoms with Crippen molar-refractivity contribution in [3.05, 3.63) is 163 Å². The topological polar surface area (TPSA) is 47.0 Å². The fraction of sp³-hybridized carbons (Fsp3) is 0.379. The third-order valence-electron chi connectivity index (χ3n) is 14.4. The van der Waals surface area contributed by atoms with Crippen LogP contribution in [-0.4, -0.2) is 16.5 Å². The second-order valence-electron chi connectivity index (χ2n) is 21.7. The number of nitrogens with zero attached hydrogens (tertiary/aromatic N) is 3. The number of hydrogen-bond donors (Lipinski definition) is 0. The van der Waals surface area contributed by atoms with Crippen LogP contribution < -0.4 is 9.64 Å². The van der Waals surface area contributed by atoms with Crippen LogP contribution in [0.1, 0.15) is 135 Å². The number of aryl methyl sites for hydroxylation is 7. The first-order valence-corrected chi connectivity index (χ1v) is 22.6. The molecule has 332 valence electrons. The monoisotopic (exact) mass is 1030 g/mol. The van der Waals surface area contributed by atoms with Gasteiger partial charge in [0.25, 0.3) is 0 Å². The summed E-state index contributed by atoms with van der Waals surface area (Å²) in [6, 6.07) is 34.3. The molecular formula is C58H63N3O2Pt. The molecule has 9 rings (SSSR count). The Balaban J connectivity index is 0.00000560. The first kappa shape index (κ1) is 45.6. The van der Waals surface area contributed by atoms with Crippen molar-refractivity contribution >= 4 is 23.1 Å². The van der Waals surface area contributed by atoms with Gasteiger partial charge >= 0.3 is 21.1 Å². The van der Waals surface area contributed by atoms with Crippen LogP contribution in [0.3, 0.4) is 0 Å². The van der Waals surface area contributed by atoms with Gasteiger partial charge in [-0.15, -0.1) is 24.3 Å². The summed E-state index contributed by atoms with van der Waals surface area (Å²) in [5.41, 5.74) is 18.0. The summed E-state index contributed by atoms with van der Waals surface area (Å²) in [6.45, 7) is 35.7. The zero-order valence-corrected chi connectivity index (χ0v) is 43.0. The molecule has 3 heterocycles. The number of aliphatic imine (C=N–C) groups is 1. The molecule has 0 radical (unpaired) electrons. The van der Waals surface area contributed by atoms with E-state index in [2.05, 4.69) is 201 Å². The van der Waals surface area contributed by atoms with Crippen LogP contribution in [0, 0.1) is 66.0 Å². The van der Waals surface area contributed by atoms with E-state index in [4.69, 9.17) is 19.5 Å². The van der Waals surface area contributed by atoms with Crippen molar-refractivity contribution in [1.82, 2.24) is 4.98 Å². The third-order valence-corrected chi connectivity index (χ3v) is 14.4. The van der Waals surface area contributed by atoms with E-state index in [0.29, 0.717) is 17.4 Å². The molecule has 5 aromatic carbocycles. The molecule has 64 heavy (non-hydrogen) atoms. The molecule has 6 aromatic rings. The van der Waals surface area contributed by atoms with Crippen LogP contribution in [0.2, 0.25) is 0 Å². The summed E-state index contributed by atoms with van der Waals surface area (Å²) in [7, 11) is 0. The Morgan fingerprint density at radius 1 is 0.672 bits per heavy atom. The summed E-state index contributed by atoms with van der Waals surface area (Å²) >= 11 is 0. The van der Waals surface area contributed by atoms with Gasteiger partial charge in [-0.3, -0.25) is 4.99 Å². The molecule has 0 saturated heterocycles. The average molecular weight is 1030 g/mol. The quantitative estimate of drug-likeness (QED) is 0.161. The molecule has 0 saturated carbocycles. The summed E-state index contributed by atoms with van der Waals surface area (Å²) in [5.74, 6) is 2.67. The van der Waals surface area contributed by atoms with E-state index in [9.17, 15) is 0 Å². The van der Waals surface area contributed by atoms with Crippen LogP contribution in [-0.2, 0) is 48.6 Å². The van der Waals surface area contributed by atoms with Crippen LogP contribution in [0.15, 0.2) is 84.0 Å². The zero-order chi connectivity index (χ0) is 45.3. The minimum atomic E-state index is -0.593. The summed E-state index contributed by atoms with van der Waals surface area (Å²) < 4.78 is 14.3. The van der Waals surface area contributed by atoms with E-state index < -0.39 is 11.1 Å². The van der Waals surface area contributed by atoms with E-state index in [1.807, 2.05) is 6.20 Å². The molecule has 3 aliphatic rings. The number of rotatable bonds is 5. The predicted octanol–water partition coefficient (Wildman–Crippen LogP) is 14.7. The second kappa shape index (κ2) is 15.3. The maximum absolute atomic E-state index is 7.34. The SMILES string of the molecule is Cc1cc(Oc2[c-]c(C3=N[C@]4(C)c5cc(C)c(C)cc5C[C@]4(C(C)(C)C)O3)cc(-c3c(C)cc(C)cc3C)c2)[c-]c(N2c3ccc(C(C)(C)C)cc3C(C)(C)c3cc(C)cnc32)c1.[Pt+2]. The Hall–Kier alpha value is -4.99. The van der Waals surface area contributed by atoms with Gasteiger partial charge < -0.3 is 14.4 Å². The van der Waals surface area contributed by atoms with Gasteiger partial charge in [0.05, 0.1) is 0 Å². The first-order chi connectivity index (χ1) is 29.4. The van der Waals surface area contributed by atoms with Crippen LogP contribution in [0.5, 0.6) is 11.5 Å². The largest absolute Gasteiger partial charge is 2.00 e. The maximum Gasteiger partial charge on any atom is 2.00 e. The second-order valence-corrected chi connectivity index (χ2v) is 21.7. The number of fused-ring (bicyclic) bond motifs is 5. The normalized spacial score (nSPS) is 19.5. The molecule has 0 unspecified atom stereocenters. The molecule has 0 N–H and O–H groups in total. The summed E-state index contributed by atoms with van der Waals surface area (Å²) in [4.78, 5) is 13.0. The van der Waals surface area contributed by atoms with Crippen molar-refractivity contribution in [3.63, 3.8) is 0 Å². The van der Waals surface area contributed by atoms with E-state index in [1.165, 1.54) is 61.2 Å². The molecule has 0 amide bonds. The minimum absolute atomic E-state index is 0. The zero-order valence-electron chi connectivity index (χ0n) is 40.7. The molecule has 5 nitrogen and oxygen atoms in total. The van der Waals surface area contributed by atoms with E-state index >= 15 is 0 Å². The molecule has 1 aromatic heterocycles.